The van der Waals surface area contributed by atoms with E-state index in [2.05, 4.69) is 12.1 Å². The lowest BCUT2D eigenvalue weighted by Gasteiger charge is -2.44. The van der Waals surface area contributed by atoms with Crippen molar-refractivity contribution in [1.82, 2.24) is 0 Å². The van der Waals surface area contributed by atoms with Gasteiger partial charge in [-0.05, 0) is 72.7 Å². The van der Waals surface area contributed by atoms with Gasteiger partial charge in [-0.3, -0.25) is 19.8 Å². The summed E-state index contributed by atoms with van der Waals surface area (Å²) in [5.41, 5.74) is 11.7. The highest BCUT2D eigenvalue weighted by Crippen LogP contribution is 2.52. The molecule has 0 saturated heterocycles. The second-order valence-corrected chi connectivity index (χ2v) is 13.6. The predicted octanol–water partition coefficient (Wildman–Crippen LogP) is 8.75. The molecule has 0 fully saturated rings. The van der Waals surface area contributed by atoms with E-state index in [1.54, 1.807) is 16.7 Å². The Balaban J connectivity index is 1.70. The molecule has 2 aliphatic rings. The molecule has 0 bridgehead atoms. The third-order valence-corrected chi connectivity index (χ3v) is 9.61. The number of ketones is 1. The first-order chi connectivity index (χ1) is 20.3. The monoisotopic (exact) mass is 632 g/mol. The smallest absolute Gasteiger partial charge is 0.271 e. The molecule has 3 aromatic carbocycles. The van der Waals surface area contributed by atoms with Crippen LogP contribution in [-0.2, 0) is 10.5 Å². The number of non-ortho nitro benzene ring substituents is 1. The summed E-state index contributed by atoms with van der Waals surface area (Å²) >= 11 is 14.3. The number of benzene rings is 3. The molecule has 1 aliphatic carbocycles. The van der Waals surface area contributed by atoms with Crippen LogP contribution in [0, 0.1) is 40.7 Å². The van der Waals surface area contributed by atoms with Crippen molar-refractivity contribution < 1.29 is 9.72 Å². The number of nitro benzene ring substituents is 1. The molecule has 0 spiro atoms. The number of nitrogens with two attached hydrogens (primary N) is 1. The second-order valence-electron chi connectivity index (χ2n) is 11.8. The largest absolute Gasteiger partial charge is 0.384 e. The SMILES string of the molecule is Cc1cc(CSc2ccc(Cl)cc2)c(C)c(C2C(C#N)=C(N)N(c3cc([N+](=O)[O-])ccc3Cl)C3=C2C(=O)CC(C)(C)C3)c1. The van der Waals surface area contributed by atoms with E-state index in [0.717, 1.165) is 27.1 Å². The fraction of sp³-hybridized carbons (Fsp3) is 0.273. The molecule has 0 saturated carbocycles. The summed E-state index contributed by atoms with van der Waals surface area (Å²) in [5, 5.41) is 23.1. The average Bonchev–Trinajstić information content (AvgIpc) is 2.93. The number of halogens is 2. The van der Waals surface area contributed by atoms with E-state index in [-0.39, 0.29) is 33.6 Å². The molecule has 5 rings (SSSR count). The molecule has 10 heteroatoms. The van der Waals surface area contributed by atoms with Crippen molar-refractivity contribution in [3.05, 3.63) is 120 Å². The fourth-order valence-electron chi connectivity index (χ4n) is 5.99. The first kappa shape index (κ1) is 30.7. The maximum atomic E-state index is 14.0. The van der Waals surface area contributed by atoms with Crippen LogP contribution in [0.2, 0.25) is 10.0 Å². The summed E-state index contributed by atoms with van der Waals surface area (Å²) in [6.07, 6.45) is 0.759. The van der Waals surface area contributed by atoms with Crippen LogP contribution in [0.25, 0.3) is 0 Å². The van der Waals surface area contributed by atoms with Crippen molar-refractivity contribution in [2.45, 2.75) is 57.1 Å². The van der Waals surface area contributed by atoms with Gasteiger partial charge >= 0.3 is 0 Å². The summed E-state index contributed by atoms with van der Waals surface area (Å²) < 4.78 is 0. The van der Waals surface area contributed by atoms with Gasteiger partial charge in [-0.1, -0.05) is 54.7 Å². The normalized spacial score (nSPS) is 18.0. The van der Waals surface area contributed by atoms with E-state index in [1.165, 1.54) is 18.2 Å². The topological polar surface area (TPSA) is 113 Å². The number of hydrogen-bond donors (Lipinski definition) is 1. The van der Waals surface area contributed by atoms with Crippen molar-refractivity contribution in [2.24, 2.45) is 11.1 Å². The van der Waals surface area contributed by atoms with Crippen LogP contribution in [0.5, 0.6) is 0 Å². The number of allylic oxidation sites excluding steroid dienone is 3. The lowest BCUT2D eigenvalue weighted by atomic mass is 9.68. The molecule has 220 valence electrons. The molecule has 1 heterocycles. The minimum Gasteiger partial charge on any atom is -0.384 e. The van der Waals surface area contributed by atoms with Gasteiger partial charge in [0, 0.05) is 45.5 Å². The Morgan fingerprint density at radius 3 is 2.47 bits per heavy atom. The van der Waals surface area contributed by atoms with Gasteiger partial charge in [0.05, 0.1) is 33.2 Å². The molecular weight excluding hydrogens is 603 g/mol. The molecule has 0 radical (unpaired) electrons. The number of nitro groups is 1. The highest BCUT2D eigenvalue weighted by atomic mass is 35.5. The zero-order chi connectivity index (χ0) is 31.2. The number of aryl methyl sites for hydroxylation is 1. The highest BCUT2D eigenvalue weighted by molar-refractivity contribution is 7.98. The highest BCUT2D eigenvalue weighted by Gasteiger charge is 2.45. The van der Waals surface area contributed by atoms with Gasteiger partial charge in [0.1, 0.15) is 5.82 Å². The van der Waals surface area contributed by atoms with Crippen molar-refractivity contribution >= 4 is 52.1 Å². The van der Waals surface area contributed by atoms with Crippen LogP contribution in [0.4, 0.5) is 11.4 Å². The number of hydrogen-bond acceptors (Lipinski definition) is 7. The molecule has 1 aliphatic heterocycles. The summed E-state index contributed by atoms with van der Waals surface area (Å²) in [6, 6.07) is 18.2. The molecular formula is C33H30Cl2N4O3S. The summed E-state index contributed by atoms with van der Waals surface area (Å²) in [5.74, 6) is 0.0211. The number of carbonyl (C=O) groups excluding carboxylic acids is 1. The van der Waals surface area contributed by atoms with Crippen LogP contribution in [-0.4, -0.2) is 10.7 Å². The number of anilines is 1. The maximum absolute atomic E-state index is 14.0. The number of thioether (sulfide) groups is 1. The minimum absolute atomic E-state index is 0.0824. The quantitative estimate of drug-likeness (QED) is 0.164. The van der Waals surface area contributed by atoms with Gasteiger partial charge in [0.2, 0.25) is 0 Å². The van der Waals surface area contributed by atoms with Crippen molar-refractivity contribution in [1.29, 1.82) is 5.26 Å². The predicted molar refractivity (Wildman–Crippen MR) is 172 cm³/mol. The molecule has 7 nitrogen and oxygen atoms in total. The van der Waals surface area contributed by atoms with E-state index in [1.807, 2.05) is 58.0 Å². The molecule has 3 aromatic rings. The second kappa shape index (κ2) is 11.7. The van der Waals surface area contributed by atoms with Crippen molar-refractivity contribution in [3.8, 4) is 6.07 Å². The molecule has 0 aromatic heterocycles. The number of nitrogens with zero attached hydrogens (tertiary/aromatic N) is 3. The fourth-order valence-corrected chi connectivity index (χ4v) is 7.26. The Hall–Kier alpha value is -3.77. The lowest BCUT2D eigenvalue weighted by molar-refractivity contribution is -0.384. The Morgan fingerprint density at radius 1 is 1.12 bits per heavy atom. The van der Waals surface area contributed by atoms with Crippen LogP contribution >= 0.6 is 35.0 Å². The summed E-state index contributed by atoms with van der Waals surface area (Å²) in [6.45, 7) is 8.01. The van der Waals surface area contributed by atoms with Gasteiger partial charge in [-0.25, -0.2) is 0 Å². The van der Waals surface area contributed by atoms with Crippen LogP contribution in [0.3, 0.4) is 0 Å². The van der Waals surface area contributed by atoms with E-state index in [4.69, 9.17) is 28.9 Å². The minimum atomic E-state index is -0.684. The Labute approximate surface area is 265 Å². The van der Waals surface area contributed by atoms with E-state index in [9.17, 15) is 20.2 Å². The van der Waals surface area contributed by atoms with Gasteiger partial charge < -0.3 is 5.73 Å². The Kier molecular flexibility index (Phi) is 8.36. The van der Waals surface area contributed by atoms with Gasteiger partial charge in [0.15, 0.2) is 5.78 Å². The molecule has 1 unspecified atom stereocenters. The first-order valence-electron chi connectivity index (χ1n) is 13.7. The number of carbonyl (C=O) groups is 1. The zero-order valence-electron chi connectivity index (χ0n) is 24.2. The van der Waals surface area contributed by atoms with E-state index in [0.29, 0.717) is 34.9 Å². The Bertz CT molecular complexity index is 1770. The number of Topliss-reactive ketones (excluding diaryl/α,β-unsaturated/α-hetero) is 1. The van der Waals surface area contributed by atoms with E-state index >= 15 is 0 Å². The standard InChI is InChI=1S/C33H30Cl2N4O3S/c1-18-11-20(17-43-23-8-5-21(34)6-9-23)19(2)24(12-18)30-25(16-36)32(37)38(27-13-22(39(41)42)7-10-26(27)35)28-14-33(3,4)15-29(40)31(28)30/h5-13,30H,14-15,17,37H2,1-4H3. The number of rotatable bonds is 6. The third-order valence-electron chi connectivity index (χ3n) is 7.98. The van der Waals surface area contributed by atoms with Crippen molar-refractivity contribution in [2.75, 3.05) is 4.90 Å². The average molecular weight is 634 g/mol. The van der Waals surface area contributed by atoms with Crippen LogP contribution < -0.4 is 10.6 Å². The number of nitriles is 1. The van der Waals surface area contributed by atoms with Gasteiger partial charge in [-0.15, -0.1) is 11.8 Å². The van der Waals surface area contributed by atoms with Crippen LogP contribution in [0.15, 0.2) is 82.2 Å². The summed E-state index contributed by atoms with van der Waals surface area (Å²) in [4.78, 5) is 27.8. The third kappa shape index (κ3) is 5.90. The Morgan fingerprint density at radius 2 is 1.81 bits per heavy atom. The lowest BCUT2D eigenvalue weighted by Crippen LogP contribution is -2.42. The maximum Gasteiger partial charge on any atom is 0.271 e. The first-order valence-corrected chi connectivity index (χ1v) is 15.4. The zero-order valence-corrected chi connectivity index (χ0v) is 26.5. The van der Waals surface area contributed by atoms with Crippen LogP contribution in [0.1, 0.15) is 54.9 Å². The molecule has 0 amide bonds. The molecule has 43 heavy (non-hydrogen) atoms. The van der Waals surface area contributed by atoms with Gasteiger partial charge in [-0.2, -0.15) is 5.26 Å². The van der Waals surface area contributed by atoms with Crippen molar-refractivity contribution in [3.63, 3.8) is 0 Å². The summed E-state index contributed by atoms with van der Waals surface area (Å²) in [7, 11) is 0. The van der Waals surface area contributed by atoms with Gasteiger partial charge in [0.25, 0.3) is 5.69 Å². The van der Waals surface area contributed by atoms with E-state index < -0.39 is 16.3 Å². The molecule has 1 atom stereocenters. The molecule has 2 N–H and O–H groups in total.